The molecule has 0 spiro atoms. The Labute approximate surface area is 77.4 Å². The van der Waals surface area contributed by atoms with Crippen molar-refractivity contribution in [1.82, 2.24) is 10.3 Å². The minimum absolute atomic E-state index is 0.0475. The second-order valence-corrected chi connectivity index (χ2v) is 2.74. The molecule has 0 aliphatic carbocycles. The predicted molar refractivity (Wildman–Crippen MR) is 51.4 cm³/mol. The first kappa shape index (κ1) is 9.67. The fourth-order valence-electron chi connectivity index (χ4n) is 0.817. The van der Waals surface area contributed by atoms with E-state index in [2.05, 4.69) is 15.6 Å². The van der Waals surface area contributed by atoms with E-state index in [9.17, 15) is 4.79 Å². The van der Waals surface area contributed by atoms with E-state index in [1.54, 1.807) is 38.5 Å². The maximum Gasteiger partial charge on any atom is 0.241 e. The third kappa shape index (κ3) is 2.83. The largest absolute Gasteiger partial charge is 0.325 e. The van der Waals surface area contributed by atoms with E-state index in [4.69, 9.17) is 0 Å². The van der Waals surface area contributed by atoms with Gasteiger partial charge in [0.1, 0.15) is 0 Å². The Morgan fingerprint density at radius 1 is 1.46 bits per heavy atom. The van der Waals surface area contributed by atoms with Crippen LogP contribution in [0.2, 0.25) is 0 Å². The molecule has 4 nitrogen and oxygen atoms in total. The van der Waals surface area contributed by atoms with Crippen LogP contribution in [0.15, 0.2) is 24.5 Å². The van der Waals surface area contributed by atoms with Crippen molar-refractivity contribution in [3.05, 3.63) is 24.5 Å². The average molecular weight is 179 g/mol. The fourth-order valence-corrected chi connectivity index (χ4v) is 0.817. The highest BCUT2D eigenvalue weighted by molar-refractivity contribution is 5.94. The maximum absolute atomic E-state index is 11.3. The molecule has 13 heavy (non-hydrogen) atoms. The number of amides is 1. The van der Waals surface area contributed by atoms with Crippen molar-refractivity contribution < 1.29 is 4.79 Å². The van der Waals surface area contributed by atoms with E-state index in [-0.39, 0.29) is 11.9 Å². The SMILES string of the molecule is CNC(C)C(=O)Nc1ccncc1. The van der Waals surface area contributed by atoms with Gasteiger partial charge >= 0.3 is 0 Å². The monoisotopic (exact) mass is 179 g/mol. The minimum atomic E-state index is -0.187. The van der Waals surface area contributed by atoms with Crippen molar-refractivity contribution in [3.63, 3.8) is 0 Å². The molecular weight excluding hydrogens is 166 g/mol. The summed E-state index contributed by atoms with van der Waals surface area (Å²) in [5.74, 6) is -0.0475. The Morgan fingerprint density at radius 2 is 2.08 bits per heavy atom. The van der Waals surface area contributed by atoms with E-state index in [1.165, 1.54) is 0 Å². The number of anilines is 1. The van der Waals surface area contributed by atoms with Gasteiger partial charge in [-0.3, -0.25) is 9.78 Å². The molecule has 0 aliphatic heterocycles. The van der Waals surface area contributed by atoms with Crippen LogP contribution in [-0.4, -0.2) is 24.0 Å². The summed E-state index contributed by atoms with van der Waals surface area (Å²) in [5, 5.41) is 5.61. The molecule has 1 aromatic heterocycles. The number of nitrogens with one attached hydrogen (secondary N) is 2. The van der Waals surface area contributed by atoms with Gasteiger partial charge in [0, 0.05) is 18.1 Å². The molecule has 70 valence electrons. The molecule has 1 rings (SSSR count). The first-order valence-corrected chi connectivity index (χ1v) is 4.12. The quantitative estimate of drug-likeness (QED) is 0.715. The number of likely N-dealkylation sites (N-methyl/N-ethyl adjacent to an activating group) is 1. The lowest BCUT2D eigenvalue weighted by molar-refractivity contribution is -0.117. The maximum atomic E-state index is 11.3. The van der Waals surface area contributed by atoms with Gasteiger partial charge in [0.25, 0.3) is 0 Å². The topological polar surface area (TPSA) is 54.0 Å². The molecule has 0 saturated heterocycles. The summed E-state index contributed by atoms with van der Waals surface area (Å²) in [5.41, 5.74) is 0.766. The Balaban J connectivity index is 2.55. The lowest BCUT2D eigenvalue weighted by atomic mass is 10.3. The summed E-state index contributed by atoms with van der Waals surface area (Å²) in [6.45, 7) is 1.80. The zero-order chi connectivity index (χ0) is 9.68. The van der Waals surface area contributed by atoms with Gasteiger partial charge in [-0.1, -0.05) is 0 Å². The first-order valence-electron chi connectivity index (χ1n) is 4.12. The van der Waals surface area contributed by atoms with Gasteiger partial charge in [0.05, 0.1) is 6.04 Å². The molecule has 1 aromatic rings. The lowest BCUT2D eigenvalue weighted by Crippen LogP contribution is -2.35. The van der Waals surface area contributed by atoms with Crippen LogP contribution in [0.25, 0.3) is 0 Å². The molecule has 0 bridgehead atoms. The second kappa shape index (κ2) is 4.57. The van der Waals surface area contributed by atoms with E-state index in [0.29, 0.717) is 0 Å². The molecule has 0 saturated carbocycles. The van der Waals surface area contributed by atoms with Crippen molar-refractivity contribution in [1.29, 1.82) is 0 Å². The molecule has 0 radical (unpaired) electrons. The van der Waals surface area contributed by atoms with Gasteiger partial charge in [-0.15, -0.1) is 0 Å². The van der Waals surface area contributed by atoms with Crippen LogP contribution in [-0.2, 0) is 4.79 Å². The van der Waals surface area contributed by atoms with Gasteiger partial charge in [-0.2, -0.15) is 0 Å². The highest BCUT2D eigenvalue weighted by Crippen LogP contribution is 2.03. The molecule has 1 atom stereocenters. The van der Waals surface area contributed by atoms with Crippen molar-refractivity contribution in [3.8, 4) is 0 Å². The summed E-state index contributed by atoms with van der Waals surface area (Å²) >= 11 is 0. The molecular formula is C9H13N3O. The fraction of sp³-hybridized carbons (Fsp3) is 0.333. The molecule has 1 heterocycles. The lowest BCUT2D eigenvalue weighted by Gasteiger charge is -2.10. The Kier molecular flexibility index (Phi) is 3.40. The zero-order valence-electron chi connectivity index (χ0n) is 7.74. The third-order valence-corrected chi connectivity index (χ3v) is 1.77. The highest BCUT2D eigenvalue weighted by Gasteiger charge is 2.09. The number of rotatable bonds is 3. The summed E-state index contributed by atoms with van der Waals surface area (Å²) < 4.78 is 0. The van der Waals surface area contributed by atoms with Crippen LogP contribution < -0.4 is 10.6 Å². The number of carbonyl (C=O) groups is 1. The molecule has 0 fully saturated rings. The molecule has 4 heteroatoms. The Hall–Kier alpha value is -1.42. The second-order valence-electron chi connectivity index (χ2n) is 2.74. The van der Waals surface area contributed by atoms with E-state index in [0.717, 1.165) is 5.69 Å². The van der Waals surface area contributed by atoms with Crippen molar-refractivity contribution in [2.24, 2.45) is 0 Å². The Bertz CT molecular complexity index is 273. The third-order valence-electron chi connectivity index (χ3n) is 1.77. The van der Waals surface area contributed by atoms with Crippen LogP contribution >= 0.6 is 0 Å². The summed E-state index contributed by atoms with van der Waals surface area (Å²) in [4.78, 5) is 15.2. The first-order chi connectivity index (χ1) is 6.24. The summed E-state index contributed by atoms with van der Waals surface area (Å²) in [6, 6.07) is 3.31. The van der Waals surface area contributed by atoms with Crippen molar-refractivity contribution in [2.75, 3.05) is 12.4 Å². The highest BCUT2D eigenvalue weighted by atomic mass is 16.2. The number of pyridine rings is 1. The summed E-state index contributed by atoms with van der Waals surface area (Å²) in [7, 11) is 1.75. The zero-order valence-corrected chi connectivity index (χ0v) is 7.74. The number of carbonyl (C=O) groups excluding carboxylic acids is 1. The predicted octanol–water partition coefficient (Wildman–Crippen LogP) is 0.628. The molecule has 1 unspecified atom stereocenters. The van der Waals surface area contributed by atoms with E-state index in [1.807, 2.05) is 0 Å². The molecule has 0 aromatic carbocycles. The van der Waals surface area contributed by atoms with Gasteiger partial charge in [-0.25, -0.2) is 0 Å². The van der Waals surface area contributed by atoms with Crippen LogP contribution in [0.3, 0.4) is 0 Å². The summed E-state index contributed by atoms with van der Waals surface area (Å²) in [6.07, 6.45) is 3.28. The van der Waals surface area contributed by atoms with E-state index >= 15 is 0 Å². The van der Waals surface area contributed by atoms with Crippen LogP contribution in [0.1, 0.15) is 6.92 Å². The van der Waals surface area contributed by atoms with Crippen LogP contribution in [0, 0.1) is 0 Å². The van der Waals surface area contributed by atoms with Gasteiger partial charge < -0.3 is 10.6 Å². The Morgan fingerprint density at radius 3 is 2.62 bits per heavy atom. The number of nitrogens with zero attached hydrogens (tertiary/aromatic N) is 1. The molecule has 0 aliphatic rings. The standard InChI is InChI=1S/C9H13N3O/c1-7(10-2)9(13)12-8-3-5-11-6-4-8/h3-7,10H,1-2H3,(H,11,12,13). The van der Waals surface area contributed by atoms with Crippen molar-refractivity contribution in [2.45, 2.75) is 13.0 Å². The molecule has 2 N–H and O–H groups in total. The number of hydrogen-bond donors (Lipinski definition) is 2. The van der Waals surface area contributed by atoms with Crippen molar-refractivity contribution >= 4 is 11.6 Å². The number of aromatic nitrogens is 1. The van der Waals surface area contributed by atoms with Gasteiger partial charge in [-0.05, 0) is 26.1 Å². The molecule has 1 amide bonds. The van der Waals surface area contributed by atoms with Gasteiger partial charge in [0.15, 0.2) is 0 Å². The average Bonchev–Trinajstić information content (AvgIpc) is 2.18. The van der Waals surface area contributed by atoms with Crippen LogP contribution in [0.5, 0.6) is 0 Å². The normalized spacial score (nSPS) is 12.2. The smallest absolute Gasteiger partial charge is 0.241 e. The minimum Gasteiger partial charge on any atom is -0.325 e. The van der Waals surface area contributed by atoms with Gasteiger partial charge in [0.2, 0.25) is 5.91 Å². The number of hydrogen-bond acceptors (Lipinski definition) is 3. The van der Waals surface area contributed by atoms with Crippen LogP contribution in [0.4, 0.5) is 5.69 Å². The van der Waals surface area contributed by atoms with E-state index < -0.39 is 0 Å².